The number of aliphatic hydroxyl groups is 1. The third-order valence-electron chi connectivity index (χ3n) is 2.43. The first kappa shape index (κ1) is 13.7. The van der Waals surface area contributed by atoms with Crippen LogP contribution >= 0.6 is 0 Å². The maximum atomic E-state index is 12.0. The number of likely N-dealkylation sites (N-methyl/N-ethyl adjacent to an activating group) is 1. The van der Waals surface area contributed by atoms with Crippen LogP contribution in [0.4, 0.5) is 0 Å². The predicted octanol–water partition coefficient (Wildman–Crippen LogP) is 0.916. The fourth-order valence-electron chi connectivity index (χ4n) is 1.70. The van der Waals surface area contributed by atoms with Gasteiger partial charge >= 0.3 is 0 Å². The summed E-state index contributed by atoms with van der Waals surface area (Å²) in [6.45, 7) is 3.57. The molecule has 1 amide bonds. The Morgan fingerprint density at radius 2 is 1.94 bits per heavy atom. The van der Waals surface area contributed by atoms with Crippen LogP contribution < -0.4 is 5.73 Å². The van der Waals surface area contributed by atoms with E-state index in [4.69, 9.17) is 5.73 Å². The molecular weight excluding hydrogens is 216 g/mol. The average Bonchev–Trinajstić information content (AvgIpc) is 2.26. The molecule has 0 aliphatic rings. The van der Waals surface area contributed by atoms with Gasteiger partial charge in [0.25, 0.3) is 0 Å². The van der Waals surface area contributed by atoms with Crippen molar-refractivity contribution in [1.29, 1.82) is 0 Å². The largest absolute Gasteiger partial charge is 0.389 e. The van der Waals surface area contributed by atoms with Gasteiger partial charge in [-0.1, -0.05) is 30.3 Å². The summed E-state index contributed by atoms with van der Waals surface area (Å²) in [6.07, 6.45) is 0. The normalized spacial score (nSPS) is 13.2. The lowest BCUT2D eigenvalue weighted by molar-refractivity contribution is -0.134. The molecule has 0 aromatic heterocycles. The van der Waals surface area contributed by atoms with Crippen LogP contribution in [0.1, 0.15) is 25.5 Å². The van der Waals surface area contributed by atoms with E-state index in [0.717, 1.165) is 5.56 Å². The Balaban J connectivity index is 2.71. The van der Waals surface area contributed by atoms with Crippen molar-refractivity contribution in [3.05, 3.63) is 35.9 Å². The van der Waals surface area contributed by atoms with Crippen LogP contribution in [0, 0.1) is 0 Å². The molecule has 0 radical (unpaired) electrons. The van der Waals surface area contributed by atoms with E-state index >= 15 is 0 Å². The van der Waals surface area contributed by atoms with E-state index in [1.54, 1.807) is 20.9 Å². The zero-order chi connectivity index (χ0) is 13.1. The number of carbonyl (C=O) groups excluding carboxylic acids is 1. The third kappa shape index (κ3) is 4.17. The first-order valence-corrected chi connectivity index (χ1v) is 5.59. The van der Waals surface area contributed by atoms with Crippen molar-refractivity contribution < 1.29 is 9.90 Å². The summed E-state index contributed by atoms with van der Waals surface area (Å²) in [5, 5.41) is 9.65. The number of benzene rings is 1. The number of hydrogen-bond donors (Lipinski definition) is 2. The lowest BCUT2D eigenvalue weighted by Gasteiger charge is -2.27. The number of carbonyl (C=O) groups is 1. The number of nitrogens with two attached hydrogens (primary N) is 1. The van der Waals surface area contributed by atoms with Crippen LogP contribution in [-0.2, 0) is 4.79 Å². The minimum atomic E-state index is -0.916. The summed E-state index contributed by atoms with van der Waals surface area (Å²) in [6, 6.07) is 8.53. The minimum Gasteiger partial charge on any atom is -0.389 e. The molecule has 1 rings (SSSR count). The van der Waals surface area contributed by atoms with Gasteiger partial charge in [0, 0.05) is 13.6 Å². The minimum absolute atomic E-state index is 0.196. The van der Waals surface area contributed by atoms with Crippen molar-refractivity contribution in [3.63, 3.8) is 0 Å². The Labute approximate surface area is 102 Å². The number of amides is 1. The summed E-state index contributed by atoms with van der Waals surface area (Å²) in [7, 11) is 1.64. The molecule has 0 bridgehead atoms. The summed E-state index contributed by atoms with van der Waals surface area (Å²) >= 11 is 0. The second-order valence-electron chi connectivity index (χ2n) is 4.90. The second kappa shape index (κ2) is 5.29. The highest BCUT2D eigenvalue weighted by atomic mass is 16.3. The van der Waals surface area contributed by atoms with Gasteiger partial charge in [-0.3, -0.25) is 4.79 Å². The standard InChI is InChI=1S/C13H20N2O2/c1-13(2,17)9-15(3)12(16)11(14)10-7-5-4-6-8-10/h4-8,11,17H,9,14H2,1-3H3/t11-/m0/s1. The number of hydrogen-bond acceptors (Lipinski definition) is 3. The zero-order valence-electron chi connectivity index (χ0n) is 10.6. The van der Waals surface area contributed by atoms with Crippen LogP contribution in [0.25, 0.3) is 0 Å². The Morgan fingerprint density at radius 1 is 1.41 bits per heavy atom. The van der Waals surface area contributed by atoms with E-state index in [1.165, 1.54) is 4.90 Å². The van der Waals surface area contributed by atoms with E-state index in [9.17, 15) is 9.90 Å². The van der Waals surface area contributed by atoms with Gasteiger partial charge in [-0.2, -0.15) is 0 Å². The van der Waals surface area contributed by atoms with Crippen LogP contribution in [0.2, 0.25) is 0 Å². The van der Waals surface area contributed by atoms with Crippen molar-refractivity contribution in [2.24, 2.45) is 5.73 Å². The smallest absolute Gasteiger partial charge is 0.243 e. The molecule has 0 saturated carbocycles. The zero-order valence-corrected chi connectivity index (χ0v) is 10.6. The van der Waals surface area contributed by atoms with Gasteiger partial charge in [0.05, 0.1) is 5.60 Å². The average molecular weight is 236 g/mol. The molecule has 17 heavy (non-hydrogen) atoms. The van der Waals surface area contributed by atoms with Crippen LogP contribution in [0.3, 0.4) is 0 Å². The first-order chi connectivity index (χ1) is 7.81. The van der Waals surface area contributed by atoms with Gasteiger partial charge in [-0.15, -0.1) is 0 Å². The highest BCUT2D eigenvalue weighted by Crippen LogP contribution is 2.13. The van der Waals surface area contributed by atoms with Crippen LogP contribution in [0.5, 0.6) is 0 Å². The highest BCUT2D eigenvalue weighted by Gasteiger charge is 2.24. The monoisotopic (exact) mass is 236 g/mol. The van der Waals surface area contributed by atoms with Crippen molar-refractivity contribution in [2.75, 3.05) is 13.6 Å². The second-order valence-corrected chi connectivity index (χ2v) is 4.90. The molecule has 0 fully saturated rings. The van der Waals surface area contributed by atoms with Crippen molar-refractivity contribution in [2.45, 2.75) is 25.5 Å². The summed E-state index contributed by atoms with van der Waals surface area (Å²) in [4.78, 5) is 13.5. The van der Waals surface area contributed by atoms with Gasteiger partial charge in [0.15, 0.2) is 0 Å². The highest BCUT2D eigenvalue weighted by molar-refractivity contribution is 5.82. The maximum Gasteiger partial charge on any atom is 0.243 e. The summed E-state index contributed by atoms with van der Waals surface area (Å²) in [5.74, 6) is -0.196. The molecule has 0 heterocycles. The first-order valence-electron chi connectivity index (χ1n) is 5.59. The van der Waals surface area contributed by atoms with E-state index < -0.39 is 11.6 Å². The number of rotatable bonds is 4. The van der Waals surface area contributed by atoms with Gasteiger partial charge in [0.2, 0.25) is 5.91 Å². The topological polar surface area (TPSA) is 66.6 Å². The fraction of sp³-hybridized carbons (Fsp3) is 0.462. The van der Waals surface area contributed by atoms with Gasteiger partial charge in [0.1, 0.15) is 6.04 Å². The molecule has 4 heteroatoms. The molecule has 0 aliphatic heterocycles. The molecule has 1 atom stereocenters. The lowest BCUT2D eigenvalue weighted by Crippen LogP contribution is -2.43. The van der Waals surface area contributed by atoms with Crippen molar-refractivity contribution in [3.8, 4) is 0 Å². The van der Waals surface area contributed by atoms with E-state index in [-0.39, 0.29) is 12.5 Å². The Kier molecular flexibility index (Phi) is 4.26. The molecule has 4 nitrogen and oxygen atoms in total. The van der Waals surface area contributed by atoms with E-state index in [2.05, 4.69) is 0 Å². The molecule has 0 spiro atoms. The summed E-state index contributed by atoms with van der Waals surface area (Å²) < 4.78 is 0. The molecule has 0 unspecified atom stereocenters. The van der Waals surface area contributed by atoms with Gasteiger partial charge in [-0.05, 0) is 19.4 Å². The van der Waals surface area contributed by atoms with Gasteiger partial charge in [-0.25, -0.2) is 0 Å². The predicted molar refractivity (Wildman–Crippen MR) is 67.3 cm³/mol. The Hall–Kier alpha value is -1.39. The van der Waals surface area contributed by atoms with Crippen LogP contribution in [-0.4, -0.2) is 35.1 Å². The molecular formula is C13H20N2O2. The molecule has 1 aromatic rings. The molecule has 0 aliphatic carbocycles. The Morgan fingerprint density at radius 3 is 2.41 bits per heavy atom. The molecule has 3 N–H and O–H groups in total. The maximum absolute atomic E-state index is 12.0. The van der Waals surface area contributed by atoms with Crippen molar-refractivity contribution in [1.82, 2.24) is 4.90 Å². The Bertz CT molecular complexity index is 371. The summed E-state index contributed by atoms with van der Waals surface area (Å²) in [5.41, 5.74) is 5.75. The van der Waals surface area contributed by atoms with E-state index in [1.807, 2.05) is 30.3 Å². The van der Waals surface area contributed by atoms with Gasteiger partial charge < -0.3 is 15.7 Å². The van der Waals surface area contributed by atoms with Crippen molar-refractivity contribution >= 4 is 5.91 Å². The molecule has 94 valence electrons. The third-order valence-corrected chi connectivity index (χ3v) is 2.43. The number of nitrogens with zero attached hydrogens (tertiary/aromatic N) is 1. The van der Waals surface area contributed by atoms with Crippen LogP contribution in [0.15, 0.2) is 30.3 Å². The van der Waals surface area contributed by atoms with E-state index in [0.29, 0.717) is 0 Å². The fourth-order valence-corrected chi connectivity index (χ4v) is 1.70. The quantitative estimate of drug-likeness (QED) is 0.816. The molecule has 0 saturated heterocycles. The lowest BCUT2D eigenvalue weighted by atomic mass is 10.1. The molecule has 1 aromatic carbocycles. The SMILES string of the molecule is CN(CC(C)(C)O)C(=O)[C@@H](N)c1ccccc1.